The number of piperidine rings is 1. The lowest BCUT2D eigenvalue weighted by molar-refractivity contribution is -0.135. The molecule has 2 amide bonds. The molecule has 4 nitrogen and oxygen atoms in total. The average Bonchev–Trinajstić information content (AvgIpc) is 2.87. The van der Waals surface area contributed by atoms with Crippen LogP contribution in [-0.2, 0) is 4.79 Å². The van der Waals surface area contributed by atoms with E-state index in [9.17, 15) is 9.59 Å². The zero-order valence-corrected chi connectivity index (χ0v) is 21.4. The fourth-order valence-corrected chi connectivity index (χ4v) is 4.81. The molecule has 0 unspecified atom stereocenters. The molecule has 4 rings (SSSR count). The molecular weight excluding hydrogens is 456 g/mol. The van der Waals surface area contributed by atoms with E-state index in [2.05, 4.69) is 48.6 Å². The number of carbonyl (C=O) groups is 2. The minimum absolute atomic E-state index is 0.00223. The highest BCUT2D eigenvalue weighted by Crippen LogP contribution is 2.29. The monoisotopic (exact) mass is 488 g/mol. The molecule has 1 fully saturated rings. The Morgan fingerprint density at radius 1 is 0.914 bits per heavy atom. The smallest absolute Gasteiger partial charge is 0.251 e. The molecule has 3 aromatic carbocycles. The molecule has 1 saturated heterocycles. The Labute approximate surface area is 213 Å². The van der Waals surface area contributed by atoms with Crippen LogP contribution in [0.5, 0.6) is 0 Å². The van der Waals surface area contributed by atoms with Gasteiger partial charge in [-0.3, -0.25) is 9.59 Å². The first-order valence-electron chi connectivity index (χ1n) is 12.3. The Morgan fingerprint density at radius 3 is 2.20 bits per heavy atom. The minimum Gasteiger partial charge on any atom is -0.341 e. The minimum atomic E-state index is -0.558. The third kappa shape index (κ3) is 6.12. The summed E-state index contributed by atoms with van der Waals surface area (Å²) in [6.07, 6.45) is 1.81. The quantitative estimate of drug-likeness (QED) is 0.432. The van der Waals surface area contributed by atoms with Gasteiger partial charge in [-0.25, -0.2) is 0 Å². The van der Waals surface area contributed by atoms with Crippen molar-refractivity contribution >= 4 is 23.4 Å². The van der Waals surface area contributed by atoms with Gasteiger partial charge in [-0.15, -0.1) is 0 Å². The number of rotatable bonds is 6. The Bertz CT molecular complexity index is 1160. The number of aryl methyl sites for hydroxylation is 1. The molecule has 35 heavy (non-hydrogen) atoms. The zero-order valence-electron chi connectivity index (χ0n) is 20.6. The average molecular weight is 489 g/mol. The number of nitrogens with one attached hydrogen (secondary N) is 1. The van der Waals surface area contributed by atoms with Crippen molar-refractivity contribution in [2.45, 2.75) is 45.6 Å². The van der Waals surface area contributed by atoms with Crippen molar-refractivity contribution in [3.05, 3.63) is 94.5 Å². The van der Waals surface area contributed by atoms with E-state index in [1.54, 1.807) is 6.07 Å². The first-order chi connectivity index (χ1) is 16.8. The number of likely N-dealkylation sites (tertiary alicyclic amines) is 1. The van der Waals surface area contributed by atoms with Gasteiger partial charge in [0.1, 0.15) is 6.04 Å². The second-order valence-corrected chi connectivity index (χ2v) is 10.2. The van der Waals surface area contributed by atoms with Crippen LogP contribution in [0.4, 0.5) is 0 Å². The summed E-state index contributed by atoms with van der Waals surface area (Å²) in [6.45, 7) is 7.39. The van der Waals surface area contributed by atoms with E-state index in [0.717, 1.165) is 29.0 Å². The highest BCUT2D eigenvalue weighted by molar-refractivity contribution is 6.30. The van der Waals surface area contributed by atoms with Gasteiger partial charge in [0, 0.05) is 23.7 Å². The molecule has 3 aromatic rings. The lowest BCUT2D eigenvalue weighted by Gasteiger charge is -2.35. The predicted octanol–water partition coefficient (Wildman–Crippen LogP) is 6.48. The number of halogens is 1. The third-order valence-electron chi connectivity index (χ3n) is 6.88. The van der Waals surface area contributed by atoms with Crippen LogP contribution in [-0.4, -0.2) is 35.8 Å². The molecule has 1 N–H and O–H groups in total. The normalized spacial score (nSPS) is 15.2. The van der Waals surface area contributed by atoms with Crippen molar-refractivity contribution < 1.29 is 9.59 Å². The fraction of sp³-hybridized carbons (Fsp3) is 0.333. The van der Waals surface area contributed by atoms with E-state index in [-0.39, 0.29) is 17.7 Å². The molecule has 0 bridgehead atoms. The van der Waals surface area contributed by atoms with Gasteiger partial charge in [-0.1, -0.05) is 79.5 Å². The van der Waals surface area contributed by atoms with Gasteiger partial charge >= 0.3 is 0 Å². The number of hydrogen-bond donors (Lipinski definition) is 1. The molecular formula is C30H33ClN2O2. The Kier molecular flexibility index (Phi) is 7.92. The van der Waals surface area contributed by atoms with Gasteiger partial charge < -0.3 is 10.2 Å². The Balaban J connectivity index is 1.41. The van der Waals surface area contributed by atoms with Crippen LogP contribution in [0.3, 0.4) is 0 Å². The summed E-state index contributed by atoms with van der Waals surface area (Å²) in [5.41, 5.74) is 5.06. The lowest BCUT2D eigenvalue weighted by Crippen LogP contribution is -2.52. The molecule has 1 heterocycles. The van der Waals surface area contributed by atoms with Gasteiger partial charge in [0.2, 0.25) is 5.91 Å². The zero-order chi connectivity index (χ0) is 24.9. The maximum Gasteiger partial charge on any atom is 0.251 e. The number of benzene rings is 3. The van der Waals surface area contributed by atoms with Crippen LogP contribution in [0.1, 0.15) is 54.1 Å². The Hall–Kier alpha value is -3.11. The van der Waals surface area contributed by atoms with Gasteiger partial charge in [0.05, 0.1) is 0 Å². The van der Waals surface area contributed by atoms with E-state index >= 15 is 0 Å². The summed E-state index contributed by atoms with van der Waals surface area (Å²) in [6, 6.07) is 23.2. The molecule has 0 radical (unpaired) electrons. The first-order valence-corrected chi connectivity index (χ1v) is 12.7. The molecule has 5 heteroatoms. The van der Waals surface area contributed by atoms with Gasteiger partial charge in [0.25, 0.3) is 5.91 Å². The number of nitrogens with zero attached hydrogens (tertiary/aromatic N) is 1. The van der Waals surface area contributed by atoms with E-state index in [1.807, 2.05) is 49.1 Å². The van der Waals surface area contributed by atoms with Gasteiger partial charge in [0.15, 0.2) is 0 Å². The SMILES string of the molecule is Cc1ccc(-c2cccc(C(=O)N[C@@H](C(=O)N3CCC(c4ccc(Cl)cc4)CC3)C(C)C)c2)cc1. The van der Waals surface area contributed by atoms with Crippen molar-refractivity contribution in [3.8, 4) is 11.1 Å². The van der Waals surface area contributed by atoms with Crippen LogP contribution in [0.2, 0.25) is 5.02 Å². The summed E-state index contributed by atoms with van der Waals surface area (Å²) in [5, 5.41) is 3.76. The molecule has 1 aliphatic rings. The molecule has 0 spiro atoms. The van der Waals surface area contributed by atoms with Crippen molar-refractivity contribution in [1.29, 1.82) is 0 Å². The van der Waals surface area contributed by atoms with Crippen molar-refractivity contribution in [3.63, 3.8) is 0 Å². The lowest BCUT2D eigenvalue weighted by atomic mass is 9.89. The second kappa shape index (κ2) is 11.1. The number of amides is 2. The number of carbonyl (C=O) groups excluding carboxylic acids is 2. The van der Waals surface area contributed by atoms with E-state index < -0.39 is 6.04 Å². The van der Waals surface area contributed by atoms with E-state index in [1.165, 1.54) is 11.1 Å². The van der Waals surface area contributed by atoms with E-state index in [4.69, 9.17) is 11.6 Å². The second-order valence-electron chi connectivity index (χ2n) is 9.79. The van der Waals surface area contributed by atoms with Crippen molar-refractivity contribution in [1.82, 2.24) is 10.2 Å². The fourth-order valence-electron chi connectivity index (χ4n) is 4.69. The van der Waals surface area contributed by atoms with Crippen LogP contribution in [0.15, 0.2) is 72.8 Å². The topological polar surface area (TPSA) is 49.4 Å². The molecule has 1 atom stereocenters. The Morgan fingerprint density at radius 2 is 1.57 bits per heavy atom. The largest absolute Gasteiger partial charge is 0.341 e. The summed E-state index contributed by atoms with van der Waals surface area (Å²) >= 11 is 6.02. The standard InChI is InChI=1S/C30H33ClN2O2/c1-20(2)28(30(35)33-17-15-24(16-18-33)22-11-13-27(31)14-12-22)32-29(34)26-6-4-5-25(19-26)23-9-7-21(3)8-10-23/h4-14,19-20,24,28H,15-18H2,1-3H3,(H,32,34)/t28-/m1/s1. The van der Waals surface area contributed by atoms with Gasteiger partial charge in [-0.05, 0) is 72.6 Å². The first kappa shape index (κ1) is 25.0. The van der Waals surface area contributed by atoms with Crippen LogP contribution in [0.25, 0.3) is 11.1 Å². The third-order valence-corrected chi connectivity index (χ3v) is 7.13. The molecule has 0 aliphatic carbocycles. The van der Waals surface area contributed by atoms with Crippen LogP contribution >= 0.6 is 11.6 Å². The maximum absolute atomic E-state index is 13.4. The summed E-state index contributed by atoms with van der Waals surface area (Å²) in [4.78, 5) is 28.5. The van der Waals surface area contributed by atoms with Crippen molar-refractivity contribution in [2.24, 2.45) is 5.92 Å². The molecule has 0 aromatic heterocycles. The summed E-state index contributed by atoms with van der Waals surface area (Å²) in [7, 11) is 0. The van der Waals surface area contributed by atoms with Crippen LogP contribution < -0.4 is 5.32 Å². The highest BCUT2D eigenvalue weighted by atomic mass is 35.5. The predicted molar refractivity (Wildman–Crippen MR) is 143 cm³/mol. The number of hydrogen-bond acceptors (Lipinski definition) is 2. The summed E-state index contributed by atoms with van der Waals surface area (Å²) in [5.74, 6) is 0.188. The molecule has 1 aliphatic heterocycles. The van der Waals surface area contributed by atoms with Gasteiger partial charge in [-0.2, -0.15) is 0 Å². The molecule has 182 valence electrons. The van der Waals surface area contributed by atoms with Crippen LogP contribution in [0, 0.1) is 12.8 Å². The van der Waals surface area contributed by atoms with E-state index in [0.29, 0.717) is 24.6 Å². The van der Waals surface area contributed by atoms with Crippen molar-refractivity contribution in [2.75, 3.05) is 13.1 Å². The molecule has 0 saturated carbocycles. The maximum atomic E-state index is 13.4. The highest BCUT2D eigenvalue weighted by Gasteiger charge is 2.31. The summed E-state index contributed by atoms with van der Waals surface area (Å²) < 4.78 is 0.